The van der Waals surface area contributed by atoms with Gasteiger partial charge in [-0.3, -0.25) is 4.79 Å². The Labute approximate surface area is 94.5 Å². The summed E-state index contributed by atoms with van der Waals surface area (Å²) in [5, 5.41) is 12.9. The SMILES string of the molecule is O=C(O)C1(c2cnn3ccccc23)CC1(F)F. The molecule has 2 aromatic rings. The molecule has 0 aromatic carbocycles. The molecule has 1 aliphatic carbocycles. The van der Waals surface area contributed by atoms with Crippen LogP contribution in [0.4, 0.5) is 8.78 Å². The van der Waals surface area contributed by atoms with E-state index >= 15 is 0 Å². The monoisotopic (exact) mass is 238 g/mol. The van der Waals surface area contributed by atoms with Gasteiger partial charge in [-0.1, -0.05) is 6.07 Å². The fourth-order valence-corrected chi connectivity index (χ4v) is 2.19. The number of aromatic nitrogens is 2. The van der Waals surface area contributed by atoms with Gasteiger partial charge in [0.05, 0.1) is 11.7 Å². The van der Waals surface area contributed by atoms with Crippen LogP contribution in [-0.2, 0) is 10.2 Å². The van der Waals surface area contributed by atoms with Crippen LogP contribution < -0.4 is 0 Å². The summed E-state index contributed by atoms with van der Waals surface area (Å²) in [6.45, 7) is 0. The van der Waals surface area contributed by atoms with Crippen LogP contribution in [0.5, 0.6) is 0 Å². The van der Waals surface area contributed by atoms with Crippen LogP contribution in [0.2, 0.25) is 0 Å². The maximum absolute atomic E-state index is 13.4. The predicted molar refractivity (Wildman–Crippen MR) is 54.1 cm³/mol. The van der Waals surface area contributed by atoms with Crippen molar-refractivity contribution in [3.8, 4) is 0 Å². The van der Waals surface area contributed by atoms with Gasteiger partial charge in [0.1, 0.15) is 0 Å². The Kier molecular flexibility index (Phi) is 1.69. The Morgan fingerprint density at radius 1 is 1.47 bits per heavy atom. The van der Waals surface area contributed by atoms with E-state index in [0.29, 0.717) is 5.52 Å². The molecule has 88 valence electrons. The van der Waals surface area contributed by atoms with Crippen LogP contribution in [0.15, 0.2) is 30.6 Å². The van der Waals surface area contributed by atoms with Gasteiger partial charge in [-0.2, -0.15) is 5.10 Å². The highest BCUT2D eigenvalue weighted by atomic mass is 19.3. The maximum atomic E-state index is 13.4. The lowest BCUT2D eigenvalue weighted by Crippen LogP contribution is -2.26. The van der Waals surface area contributed by atoms with Crippen molar-refractivity contribution >= 4 is 11.5 Å². The molecule has 0 saturated heterocycles. The van der Waals surface area contributed by atoms with E-state index in [1.165, 1.54) is 10.7 Å². The molecule has 1 aliphatic rings. The van der Waals surface area contributed by atoms with E-state index in [1.54, 1.807) is 24.4 Å². The summed E-state index contributed by atoms with van der Waals surface area (Å²) in [7, 11) is 0. The Morgan fingerprint density at radius 3 is 2.76 bits per heavy atom. The first-order valence-corrected chi connectivity index (χ1v) is 5.03. The molecule has 1 N–H and O–H groups in total. The maximum Gasteiger partial charge on any atom is 0.320 e. The fourth-order valence-electron chi connectivity index (χ4n) is 2.19. The highest BCUT2D eigenvalue weighted by Crippen LogP contribution is 2.62. The Bertz CT molecular complexity index is 623. The number of hydrogen-bond donors (Lipinski definition) is 1. The van der Waals surface area contributed by atoms with Crippen LogP contribution in [0, 0.1) is 0 Å². The zero-order chi connectivity index (χ0) is 12.3. The average Bonchev–Trinajstić information content (AvgIpc) is 2.70. The highest BCUT2D eigenvalue weighted by molar-refractivity contribution is 5.90. The van der Waals surface area contributed by atoms with E-state index in [-0.39, 0.29) is 5.56 Å². The van der Waals surface area contributed by atoms with Crippen molar-refractivity contribution in [3.05, 3.63) is 36.2 Å². The summed E-state index contributed by atoms with van der Waals surface area (Å²) in [6, 6.07) is 4.94. The Balaban J connectivity index is 2.25. The second-order valence-electron chi connectivity index (χ2n) is 4.18. The molecule has 0 radical (unpaired) electrons. The average molecular weight is 238 g/mol. The molecule has 0 aliphatic heterocycles. The molecule has 0 bridgehead atoms. The lowest BCUT2D eigenvalue weighted by atomic mass is 9.97. The molecule has 2 aromatic heterocycles. The van der Waals surface area contributed by atoms with Crippen LogP contribution in [0.1, 0.15) is 12.0 Å². The number of alkyl halides is 2. The van der Waals surface area contributed by atoms with Gasteiger partial charge >= 0.3 is 5.97 Å². The lowest BCUT2D eigenvalue weighted by Gasteiger charge is -2.09. The number of hydrogen-bond acceptors (Lipinski definition) is 2. The second kappa shape index (κ2) is 2.82. The second-order valence-corrected chi connectivity index (χ2v) is 4.18. The number of nitrogens with zero attached hydrogens (tertiary/aromatic N) is 2. The van der Waals surface area contributed by atoms with E-state index in [2.05, 4.69) is 5.10 Å². The first-order valence-electron chi connectivity index (χ1n) is 5.03. The normalized spacial score (nSPS) is 26.0. The largest absolute Gasteiger partial charge is 0.480 e. The highest BCUT2D eigenvalue weighted by Gasteiger charge is 2.78. The molecule has 4 nitrogen and oxygen atoms in total. The third-order valence-electron chi connectivity index (χ3n) is 3.24. The molecule has 1 fully saturated rings. The Hall–Kier alpha value is -1.98. The van der Waals surface area contributed by atoms with E-state index < -0.39 is 23.7 Å². The molecule has 1 saturated carbocycles. The zero-order valence-electron chi connectivity index (χ0n) is 8.60. The van der Waals surface area contributed by atoms with Gasteiger partial charge in [0.15, 0.2) is 5.41 Å². The third kappa shape index (κ3) is 1.09. The van der Waals surface area contributed by atoms with E-state index in [4.69, 9.17) is 5.11 Å². The predicted octanol–water partition coefficient (Wildman–Crippen LogP) is 1.70. The fraction of sp³-hybridized carbons (Fsp3) is 0.273. The van der Waals surface area contributed by atoms with Gasteiger partial charge in [0, 0.05) is 18.2 Å². The van der Waals surface area contributed by atoms with Crippen LogP contribution in [0.25, 0.3) is 5.52 Å². The molecule has 3 rings (SSSR count). The molecular formula is C11H8F2N2O2. The first kappa shape index (κ1) is 10.2. The number of carboxylic acids is 1. The molecule has 1 unspecified atom stereocenters. The van der Waals surface area contributed by atoms with E-state index in [1.807, 2.05) is 0 Å². The number of carboxylic acid groups (broad SMARTS) is 1. The molecule has 2 heterocycles. The van der Waals surface area contributed by atoms with Crippen molar-refractivity contribution in [2.75, 3.05) is 0 Å². The number of aliphatic carboxylic acids is 1. The summed E-state index contributed by atoms with van der Waals surface area (Å²) in [4.78, 5) is 11.1. The van der Waals surface area contributed by atoms with Crippen molar-refractivity contribution in [2.24, 2.45) is 0 Å². The van der Waals surface area contributed by atoms with Crippen LogP contribution >= 0.6 is 0 Å². The van der Waals surface area contributed by atoms with Gasteiger partial charge in [-0.15, -0.1) is 0 Å². The van der Waals surface area contributed by atoms with Crippen molar-refractivity contribution in [1.29, 1.82) is 0 Å². The minimum Gasteiger partial charge on any atom is -0.480 e. The number of rotatable bonds is 2. The summed E-state index contributed by atoms with van der Waals surface area (Å²) in [5.41, 5.74) is -1.61. The minimum absolute atomic E-state index is 0.0793. The van der Waals surface area contributed by atoms with Gasteiger partial charge in [0.2, 0.25) is 0 Å². The van der Waals surface area contributed by atoms with Gasteiger partial charge in [-0.25, -0.2) is 13.3 Å². The smallest absolute Gasteiger partial charge is 0.320 e. The molecule has 0 spiro atoms. The standard InChI is InChI=1S/C11H8F2N2O2/c12-11(13)6-10(11,9(16)17)7-5-14-15-4-2-1-3-8(7)15/h1-5H,6H2,(H,16,17). The number of fused-ring (bicyclic) bond motifs is 1. The number of carbonyl (C=O) groups is 1. The molecule has 17 heavy (non-hydrogen) atoms. The van der Waals surface area contributed by atoms with Crippen molar-refractivity contribution < 1.29 is 18.7 Å². The van der Waals surface area contributed by atoms with Crippen molar-refractivity contribution in [2.45, 2.75) is 17.8 Å². The number of halogens is 2. The molecule has 6 heteroatoms. The summed E-state index contributed by atoms with van der Waals surface area (Å²) < 4.78 is 28.1. The topological polar surface area (TPSA) is 54.6 Å². The van der Waals surface area contributed by atoms with Crippen LogP contribution in [-0.4, -0.2) is 26.6 Å². The Morgan fingerprint density at radius 2 is 2.18 bits per heavy atom. The van der Waals surface area contributed by atoms with Crippen LogP contribution in [0.3, 0.4) is 0 Å². The summed E-state index contributed by atoms with van der Waals surface area (Å²) >= 11 is 0. The molecular weight excluding hydrogens is 230 g/mol. The van der Waals surface area contributed by atoms with Gasteiger partial charge in [0.25, 0.3) is 5.92 Å². The molecule has 0 amide bonds. The zero-order valence-corrected chi connectivity index (χ0v) is 8.60. The number of pyridine rings is 1. The third-order valence-corrected chi connectivity index (χ3v) is 3.24. The molecule has 1 atom stereocenters. The first-order chi connectivity index (χ1) is 7.99. The van der Waals surface area contributed by atoms with Gasteiger partial charge < -0.3 is 5.11 Å². The summed E-state index contributed by atoms with van der Waals surface area (Å²) in [5.74, 6) is -4.70. The quantitative estimate of drug-likeness (QED) is 0.866. The van der Waals surface area contributed by atoms with Gasteiger partial charge in [-0.05, 0) is 12.1 Å². The summed E-state index contributed by atoms with van der Waals surface area (Å²) in [6.07, 6.45) is 2.14. The minimum atomic E-state index is -3.20. The van der Waals surface area contributed by atoms with E-state index in [9.17, 15) is 13.6 Å². The van der Waals surface area contributed by atoms with Crippen molar-refractivity contribution in [3.63, 3.8) is 0 Å². The lowest BCUT2D eigenvalue weighted by molar-refractivity contribution is -0.142. The van der Waals surface area contributed by atoms with E-state index in [0.717, 1.165) is 0 Å². The van der Waals surface area contributed by atoms with Crippen molar-refractivity contribution in [1.82, 2.24) is 9.61 Å².